The minimum Gasteiger partial charge on any atom is -0.481 e. The van der Waals surface area contributed by atoms with Gasteiger partial charge in [-0.15, -0.1) is 0 Å². The summed E-state index contributed by atoms with van der Waals surface area (Å²) < 4.78 is 6.05. The molecule has 6 heteroatoms. The van der Waals surface area contributed by atoms with E-state index < -0.39 is 5.97 Å². The predicted octanol–water partition coefficient (Wildman–Crippen LogP) is 2.00. The molecule has 1 aliphatic heterocycles. The van der Waals surface area contributed by atoms with E-state index in [-0.39, 0.29) is 12.5 Å². The summed E-state index contributed by atoms with van der Waals surface area (Å²) >= 11 is 3.35. The minimum atomic E-state index is -0.867. The molecule has 1 unspecified atom stereocenters. The quantitative estimate of drug-likeness (QED) is 0.920. The van der Waals surface area contributed by atoms with Crippen molar-refractivity contribution in [3.05, 3.63) is 28.2 Å². The number of nitriles is 1. The van der Waals surface area contributed by atoms with Crippen molar-refractivity contribution < 1.29 is 14.6 Å². The molecule has 1 saturated heterocycles. The van der Waals surface area contributed by atoms with Crippen LogP contribution in [0.4, 0.5) is 5.69 Å². The Morgan fingerprint density at radius 2 is 2.42 bits per heavy atom. The molecule has 0 saturated carbocycles. The van der Waals surface area contributed by atoms with Gasteiger partial charge in [-0.2, -0.15) is 5.26 Å². The maximum atomic E-state index is 10.9. The number of carboxylic acids is 1. The number of carbonyl (C=O) groups is 1. The molecule has 19 heavy (non-hydrogen) atoms. The number of anilines is 1. The van der Waals surface area contributed by atoms with Crippen LogP contribution in [0.25, 0.3) is 0 Å². The summed E-state index contributed by atoms with van der Waals surface area (Å²) in [5.74, 6) is -0.867. The van der Waals surface area contributed by atoms with Crippen molar-refractivity contribution in [2.75, 3.05) is 24.7 Å². The molecule has 0 amide bonds. The van der Waals surface area contributed by atoms with E-state index >= 15 is 0 Å². The lowest BCUT2D eigenvalue weighted by atomic mass is 10.1. The third kappa shape index (κ3) is 3.06. The highest BCUT2D eigenvalue weighted by atomic mass is 79.9. The van der Waals surface area contributed by atoms with Gasteiger partial charge >= 0.3 is 5.97 Å². The first-order valence-electron chi connectivity index (χ1n) is 5.88. The maximum Gasteiger partial charge on any atom is 0.305 e. The van der Waals surface area contributed by atoms with Crippen molar-refractivity contribution in [3.8, 4) is 6.07 Å². The third-order valence-electron chi connectivity index (χ3n) is 3.05. The number of benzene rings is 1. The molecule has 1 aromatic carbocycles. The van der Waals surface area contributed by atoms with E-state index in [1.165, 1.54) is 0 Å². The highest BCUT2D eigenvalue weighted by molar-refractivity contribution is 9.10. The average molecular weight is 325 g/mol. The van der Waals surface area contributed by atoms with Crippen LogP contribution in [0.3, 0.4) is 0 Å². The number of hydrogen-bond acceptors (Lipinski definition) is 4. The van der Waals surface area contributed by atoms with Gasteiger partial charge in [-0.1, -0.05) is 6.07 Å². The molecule has 5 nitrogen and oxygen atoms in total. The number of carboxylic acid groups (broad SMARTS) is 1. The molecule has 1 aromatic rings. The van der Waals surface area contributed by atoms with Crippen LogP contribution in [-0.2, 0) is 9.53 Å². The SMILES string of the molecule is N#Cc1c(Br)cccc1N1CCOCC1CC(=O)O. The molecule has 100 valence electrons. The summed E-state index contributed by atoms with van der Waals surface area (Å²) in [5, 5.41) is 18.2. The molecule has 0 bridgehead atoms. The number of morpholine rings is 1. The van der Waals surface area contributed by atoms with Gasteiger partial charge in [-0.05, 0) is 28.1 Å². The van der Waals surface area contributed by atoms with Crippen molar-refractivity contribution in [1.29, 1.82) is 5.26 Å². The molecule has 1 N–H and O–H groups in total. The van der Waals surface area contributed by atoms with Crippen LogP contribution in [-0.4, -0.2) is 36.9 Å². The second-order valence-electron chi connectivity index (χ2n) is 4.27. The van der Waals surface area contributed by atoms with Crippen LogP contribution in [0.1, 0.15) is 12.0 Å². The van der Waals surface area contributed by atoms with Gasteiger partial charge < -0.3 is 14.7 Å². The number of hydrogen-bond donors (Lipinski definition) is 1. The fraction of sp³-hybridized carbons (Fsp3) is 0.385. The van der Waals surface area contributed by atoms with E-state index in [0.717, 1.165) is 5.69 Å². The van der Waals surface area contributed by atoms with Gasteiger partial charge in [0.25, 0.3) is 0 Å². The molecule has 0 aliphatic carbocycles. The zero-order valence-corrected chi connectivity index (χ0v) is 11.8. The van der Waals surface area contributed by atoms with Gasteiger partial charge in [-0.25, -0.2) is 0 Å². The number of rotatable bonds is 3. The van der Waals surface area contributed by atoms with Crippen molar-refractivity contribution >= 4 is 27.6 Å². The minimum absolute atomic E-state index is 0.00260. The summed E-state index contributed by atoms with van der Waals surface area (Å²) in [6, 6.07) is 7.39. The monoisotopic (exact) mass is 324 g/mol. The maximum absolute atomic E-state index is 10.9. The van der Waals surface area contributed by atoms with Crippen LogP contribution < -0.4 is 4.90 Å². The molecule has 0 spiro atoms. The average Bonchev–Trinajstić information content (AvgIpc) is 2.38. The van der Waals surface area contributed by atoms with Crippen LogP contribution >= 0.6 is 15.9 Å². The van der Waals surface area contributed by atoms with E-state index in [0.29, 0.717) is 29.8 Å². The third-order valence-corrected chi connectivity index (χ3v) is 3.71. The highest BCUT2D eigenvalue weighted by Crippen LogP contribution is 2.30. The van der Waals surface area contributed by atoms with Crippen LogP contribution in [0, 0.1) is 11.3 Å². The Morgan fingerprint density at radius 1 is 1.63 bits per heavy atom. The fourth-order valence-electron chi connectivity index (χ4n) is 2.21. The first-order valence-corrected chi connectivity index (χ1v) is 6.67. The Morgan fingerprint density at radius 3 is 3.11 bits per heavy atom. The van der Waals surface area contributed by atoms with E-state index in [1.54, 1.807) is 6.07 Å². The molecule has 2 rings (SSSR count). The Labute approximate surface area is 119 Å². The Hall–Kier alpha value is -1.58. The van der Waals surface area contributed by atoms with Crippen LogP contribution in [0.2, 0.25) is 0 Å². The summed E-state index contributed by atoms with van der Waals surface area (Å²) in [6.07, 6.45) is -0.00260. The zero-order chi connectivity index (χ0) is 13.8. The zero-order valence-electron chi connectivity index (χ0n) is 10.2. The second kappa shape index (κ2) is 6.04. The lowest BCUT2D eigenvalue weighted by Gasteiger charge is -2.37. The highest BCUT2D eigenvalue weighted by Gasteiger charge is 2.27. The summed E-state index contributed by atoms with van der Waals surface area (Å²) in [4.78, 5) is 12.9. The summed E-state index contributed by atoms with van der Waals surface area (Å²) in [5.41, 5.74) is 1.28. The first kappa shape index (κ1) is 13.8. The van der Waals surface area contributed by atoms with Gasteiger partial charge in [-0.3, -0.25) is 4.79 Å². The van der Waals surface area contributed by atoms with Crippen molar-refractivity contribution in [3.63, 3.8) is 0 Å². The van der Waals surface area contributed by atoms with Gasteiger partial charge in [0.1, 0.15) is 6.07 Å². The van der Waals surface area contributed by atoms with Gasteiger partial charge in [0.15, 0.2) is 0 Å². The van der Waals surface area contributed by atoms with Crippen molar-refractivity contribution in [2.45, 2.75) is 12.5 Å². The number of halogens is 1. The van der Waals surface area contributed by atoms with Crippen LogP contribution in [0.5, 0.6) is 0 Å². The van der Waals surface area contributed by atoms with Gasteiger partial charge in [0.05, 0.1) is 36.9 Å². The van der Waals surface area contributed by atoms with Crippen LogP contribution in [0.15, 0.2) is 22.7 Å². The first-order chi connectivity index (χ1) is 9.13. The largest absolute Gasteiger partial charge is 0.481 e. The summed E-state index contributed by atoms with van der Waals surface area (Å²) in [6.45, 7) is 1.49. The molecule has 1 fully saturated rings. The predicted molar refractivity (Wildman–Crippen MR) is 73.1 cm³/mol. The smallest absolute Gasteiger partial charge is 0.305 e. The second-order valence-corrected chi connectivity index (χ2v) is 5.12. The number of nitrogens with zero attached hydrogens (tertiary/aromatic N) is 2. The fourth-order valence-corrected chi connectivity index (χ4v) is 2.65. The molecular weight excluding hydrogens is 312 g/mol. The Balaban J connectivity index is 2.35. The molecule has 0 aromatic heterocycles. The number of ether oxygens (including phenoxy) is 1. The van der Waals surface area contributed by atoms with E-state index in [9.17, 15) is 10.1 Å². The van der Waals surface area contributed by atoms with Gasteiger partial charge in [0.2, 0.25) is 0 Å². The van der Waals surface area contributed by atoms with E-state index in [2.05, 4.69) is 22.0 Å². The normalized spacial score (nSPS) is 18.9. The topological polar surface area (TPSA) is 73.6 Å². The molecule has 1 aliphatic rings. The van der Waals surface area contributed by atoms with Gasteiger partial charge in [0, 0.05) is 11.0 Å². The van der Waals surface area contributed by atoms with Crippen molar-refractivity contribution in [2.24, 2.45) is 0 Å². The lowest BCUT2D eigenvalue weighted by molar-refractivity contribution is -0.138. The molecular formula is C13H13BrN2O3. The Bertz CT molecular complexity index is 527. The lowest BCUT2D eigenvalue weighted by Crippen LogP contribution is -2.47. The standard InChI is InChI=1S/C13H13BrN2O3/c14-11-2-1-3-12(10(11)7-15)16-4-5-19-8-9(16)6-13(17)18/h1-3,9H,4-6,8H2,(H,17,18). The molecule has 1 heterocycles. The van der Waals surface area contributed by atoms with Crippen molar-refractivity contribution in [1.82, 2.24) is 0 Å². The molecule has 0 radical (unpaired) electrons. The summed E-state index contributed by atoms with van der Waals surface area (Å²) in [7, 11) is 0. The van der Waals surface area contributed by atoms with E-state index in [1.807, 2.05) is 17.0 Å². The molecule has 1 atom stereocenters. The number of aliphatic carboxylic acids is 1. The Kier molecular flexibility index (Phi) is 4.40. The van der Waals surface area contributed by atoms with E-state index in [4.69, 9.17) is 9.84 Å².